The van der Waals surface area contributed by atoms with Crippen molar-refractivity contribution in [3.8, 4) is 0 Å². The molecule has 0 saturated heterocycles. The largest absolute Gasteiger partial charge is 0.466 e. The summed E-state index contributed by atoms with van der Waals surface area (Å²) in [5.74, 6) is -1.68. The summed E-state index contributed by atoms with van der Waals surface area (Å²) in [5.41, 5.74) is -0.530. The van der Waals surface area contributed by atoms with E-state index in [-0.39, 0.29) is 22.6 Å². The first-order valence-corrected chi connectivity index (χ1v) is 11.4. The molecule has 1 aliphatic rings. The Labute approximate surface area is 184 Å². The average Bonchev–Trinajstić information content (AvgIpc) is 2.94. The van der Waals surface area contributed by atoms with Crippen LogP contribution >= 0.6 is 0 Å². The summed E-state index contributed by atoms with van der Waals surface area (Å²) in [6.07, 6.45) is -3.56. The lowest BCUT2D eigenvalue weighted by Crippen LogP contribution is -2.36. The molecule has 10 heteroatoms. The van der Waals surface area contributed by atoms with Crippen LogP contribution in [0.15, 0.2) is 47.4 Å². The summed E-state index contributed by atoms with van der Waals surface area (Å²) >= 11 is 0. The summed E-state index contributed by atoms with van der Waals surface area (Å²) in [7, 11) is -4.33. The molecule has 2 aromatic carbocycles. The van der Waals surface area contributed by atoms with Gasteiger partial charge in [0.2, 0.25) is 0 Å². The molecule has 0 fully saturated rings. The molecule has 2 aromatic rings. The van der Waals surface area contributed by atoms with Crippen LogP contribution in [0.5, 0.6) is 0 Å². The van der Waals surface area contributed by atoms with Gasteiger partial charge in [0.15, 0.2) is 0 Å². The Morgan fingerprint density at radius 2 is 1.75 bits per heavy atom. The number of fused-ring (bicyclic) bond motifs is 1. The number of halogens is 3. The Morgan fingerprint density at radius 1 is 1.09 bits per heavy atom. The Balaban J connectivity index is 2.00. The SMILES string of the molecule is CCCCOC(=O)CC1c2cccc(C)c2S(=O)(=O)N1C(=O)c1ccc(C(F)(F)F)cc1. The second kappa shape index (κ2) is 8.93. The van der Waals surface area contributed by atoms with Crippen molar-refractivity contribution in [3.05, 3.63) is 64.7 Å². The van der Waals surface area contributed by atoms with Gasteiger partial charge in [-0.15, -0.1) is 0 Å². The molecular formula is C22H22F3NO5S. The topological polar surface area (TPSA) is 80.8 Å². The van der Waals surface area contributed by atoms with E-state index in [1.165, 1.54) is 6.07 Å². The van der Waals surface area contributed by atoms with Gasteiger partial charge in [-0.25, -0.2) is 12.7 Å². The molecule has 0 radical (unpaired) electrons. The van der Waals surface area contributed by atoms with E-state index in [1.54, 1.807) is 19.1 Å². The molecule has 6 nitrogen and oxygen atoms in total. The number of ether oxygens (including phenoxy) is 1. The molecule has 0 aliphatic carbocycles. The normalized spacial score (nSPS) is 17.2. The first kappa shape index (κ1) is 23.8. The van der Waals surface area contributed by atoms with Gasteiger partial charge in [-0.1, -0.05) is 31.5 Å². The van der Waals surface area contributed by atoms with Crippen molar-refractivity contribution in [1.29, 1.82) is 0 Å². The van der Waals surface area contributed by atoms with Crippen LogP contribution in [-0.2, 0) is 25.7 Å². The number of unbranched alkanes of at least 4 members (excludes halogenated alkanes) is 1. The third-order valence-electron chi connectivity index (χ3n) is 5.18. The highest BCUT2D eigenvalue weighted by Gasteiger charge is 2.47. The van der Waals surface area contributed by atoms with E-state index in [0.717, 1.165) is 18.6 Å². The van der Waals surface area contributed by atoms with Gasteiger partial charge in [-0.05, 0) is 48.7 Å². The molecule has 1 aliphatic heterocycles. The van der Waals surface area contributed by atoms with Gasteiger partial charge >= 0.3 is 12.1 Å². The molecule has 3 rings (SSSR count). The van der Waals surface area contributed by atoms with E-state index in [4.69, 9.17) is 4.74 Å². The first-order chi connectivity index (χ1) is 15.0. The maximum atomic E-state index is 13.3. The Bertz CT molecular complexity index is 1130. The van der Waals surface area contributed by atoms with Gasteiger partial charge in [0.05, 0.1) is 29.5 Å². The lowest BCUT2D eigenvalue weighted by atomic mass is 10.0. The van der Waals surface area contributed by atoms with Crippen LogP contribution in [0.3, 0.4) is 0 Å². The van der Waals surface area contributed by atoms with E-state index < -0.39 is 46.1 Å². The molecule has 0 bridgehead atoms. The number of sulfonamides is 1. The minimum atomic E-state index is -4.60. The van der Waals surface area contributed by atoms with Gasteiger partial charge in [0.1, 0.15) is 0 Å². The standard InChI is InChI=1S/C22H22F3NO5S/c1-3-4-12-31-19(27)13-18-17-7-5-6-14(2)20(17)32(29,30)26(18)21(28)15-8-10-16(11-9-15)22(23,24)25/h5-11,18H,3-4,12-13H2,1-2H3. The lowest BCUT2D eigenvalue weighted by Gasteiger charge is -2.23. The molecule has 0 N–H and O–H groups in total. The number of carbonyl (C=O) groups is 2. The first-order valence-electron chi connectivity index (χ1n) is 9.99. The summed E-state index contributed by atoms with van der Waals surface area (Å²) in [6.45, 7) is 3.66. The lowest BCUT2D eigenvalue weighted by molar-refractivity contribution is -0.144. The van der Waals surface area contributed by atoms with Crippen molar-refractivity contribution < 1.29 is 35.9 Å². The van der Waals surface area contributed by atoms with Crippen molar-refractivity contribution in [2.45, 2.75) is 50.2 Å². The number of amides is 1. The number of hydrogen-bond donors (Lipinski definition) is 0. The molecule has 1 atom stereocenters. The van der Waals surface area contributed by atoms with Crippen molar-refractivity contribution in [2.24, 2.45) is 0 Å². The Kier molecular flexibility index (Phi) is 6.64. The van der Waals surface area contributed by atoms with E-state index >= 15 is 0 Å². The van der Waals surface area contributed by atoms with Crippen LogP contribution in [-0.4, -0.2) is 31.2 Å². The van der Waals surface area contributed by atoms with Crippen molar-refractivity contribution >= 4 is 21.9 Å². The minimum absolute atomic E-state index is 0.0772. The third kappa shape index (κ3) is 4.50. The monoisotopic (exact) mass is 469 g/mol. The van der Waals surface area contributed by atoms with E-state index in [0.29, 0.717) is 28.4 Å². The highest BCUT2D eigenvalue weighted by Crippen LogP contribution is 2.44. The fourth-order valence-electron chi connectivity index (χ4n) is 3.60. The number of benzene rings is 2. The van der Waals surface area contributed by atoms with Crippen LogP contribution < -0.4 is 0 Å². The zero-order valence-electron chi connectivity index (χ0n) is 17.5. The summed E-state index contributed by atoms with van der Waals surface area (Å²) < 4.78 is 70.8. The average molecular weight is 469 g/mol. The number of alkyl halides is 3. The van der Waals surface area contributed by atoms with Gasteiger partial charge in [-0.3, -0.25) is 9.59 Å². The molecule has 1 amide bonds. The van der Waals surface area contributed by atoms with Gasteiger partial charge in [-0.2, -0.15) is 13.2 Å². The number of aryl methyl sites for hydroxylation is 1. The van der Waals surface area contributed by atoms with Crippen LogP contribution in [0.25, 0.3) is 0 Å². The quantitative estimate of drug-likeness (QED) is 0.455. The second-order valence-electron chi connectivity index (χ2n) is 7.47. The van der Waals surface area contributed by atoms with Gasteiger partial charge in [0.25, 0.3) is 15.9 Å². The van der Waals surface area contributed by atoms with Crippen LogP contribution in [0.2, 0.25) is 0 Å². The number of hydrogen-bond acceptors (Lipinski definition) is 5. The molecule has 0 aromatic heterocycles. The van der Waals surface area contributed by atoms with Crippen LogP contribution in [0.1, 0.15) is 59.3 Å². The van der Waals surface area contributed by atoms with Crippen molar-refractivity contribution in [2.75, 3.05) is 6.61 Å². The second-order valence-corrected chi connectivity index (χ2v) is 9.22. The summed E-state index contributed by atoms with van der Waals surface area (Å²) in [4.78, 5) is 25.5. The smallest absolute Gasteiger partial charge is 0.416 e. The molecule has 1 unspecified atom stereocenters. The third-order valence-corrected chi connectivity index (χ3v) is 7.19. The van der Waals surface area contributed by atoms with Crippen molar-refractivity contribution in [3.63, 3.8) is 0 Å². The zero-order chi connectivity index (χ0) is 23.7. The zero-order valence-corrected chi connectivity index (χ0v) is 18.3. The molecule has 0 saturated carbocycles. The van der Waals surface area contributed by atoms with Gasteiger partial charge < -0.3 is 4.74 Å². The minimum Gasteiger partial charge on any atom is -0.466 e. The van der Waals surface area contributed by atoms with Crippen LogP contribution in [0, 0.1) is 6.92 Å². The van der Waals surface area contributed by atoms with E-state index in [9.17, 15) is 31.2 Å². The highest BCUT2D eigenvalue weighted by atomic mass is 32.2. The van der Waals surface area contributed by atoms with E-state index in [2.05, 4.69) is 0 Å². The predicted molar refractivity (Wildman–Crippen MR) is 109 cm³/mol. The molecule has 172 valence electrons. The number of rotatable bonds is 6. The molecule has 1 heterocycles. The van der Waals surface area contributed by atoms with Crippen molar-refractivity contribution in [1.82, 2.24) is 4.31 Å². The maximum Gasteiger partial charge on any atom is 0.416 e. The van der Waals surface area contributed by atoms with E-state index in [1.807, 2.05) is 6.92 Å². The maximum absolute atomic E-state index is 13.3. The Morgan fingerprint density at radius 3 is 2.34 bits per heavy atom. The molecule has 0 spiro atoms. The number of nitrogens with zero attached hydrogens (tertiary/aromatic N) is 1. The van der Waals surface area contributed by atoms with Gasteiger partial charge in [0, 0.05) is 5.56 Å². The Hall–Kier alpha value is -2.88. The highest BCUT2D eigenvalue weighted by molar-refractivity contribution is 7.90. The molecular weight excluding hydrogens is 447 g/mol. The summed E-state index contributed by atoms with van der Waals surface area (Å²) in [5, 5.41) is 0. The van der Waals surface area contributed by atoms with Crippen LogP contribution in [0.4, 0.5) is 13.2 Å². The molecule has 32 heavy (non-hydrogen) atoms. The summed E-state index contributed by atoms with van der Waals surface area (Å²) in [6, 6.07) is 6.82. The predicted octanol–water partition coefficient (Wildman–Crippen LogP) is 4.63. The number of esters is 1. The fraction of sp³-hybridized carbons (Fsp3) is 0.364. The number of carbonyl (C=O) groups excluding carboxylic acids is 2. The fourth-order valence-corrected chi connectivity index (χ4v) is 5.62.